The molecule has 1 unspecified atom stereocenters. The molecule has 34 heavy (non-hydrogen) atoms. The van der Waals surface area contributed by atoms with Crippen LogP contribution in [0.1, 0.15) is 34.4 Å². The van der Waals surface area contributed by atoms with Gasteiger partial charge in [-0.1, -0.05) is 49.1 Å². The van der Waals surface area contributed by atoms with Gasteiger partial charge in [-0.3, -0.25) is 4.79 Å². The molecular weight excluding hydrogens is 475 g/mol. The van der Waals surface area contributed by atoms with Crippen LogP contribution in [0.2, 0.25) is 0 Å². The molecule has 0 saturated carbocycles. The zero-order valence-corrected chi connectivity index (χ0v) is 19.7. The van der Waals surface area contributed by atoms with Gasteiger partial charge in [-0.25, -0.2) is 12.8 Å². The number of aliphatic carboxylic acids is 1. The lowest BCUT2D eigenvalue weighted by molar-refractivity contribution is -0.139. The number of nitrogens with one attached hydrogen (secondary N) is 2. The van der Waals surface area contributed by atoms with Crippen LogP contribution in [0.25, 0.3) is 10.9 Å². The van der Waals surface area contributed by atoms with E-state index in [9.17, 15) is 22.7 Å². The molecule has 6 nitrogen and oxygen atoms in total. The highest BCUT2D eigenvalue weighted by Crippen LogP contribution is 2.29. The molecule has 4 rings (SSSR count). The summed E-state index contributed by atoms with van der Waals surface area (Å²) in [5.41, 5.74) is 2.78. The fraction of sp³-hybridized carbons (Fsp3) is 0.160. The quantitative estimate of drug-likeness (QED) is 0.325. The smallest absolute Gasteiger partial charge is 0.322 e. The maximum Gasteiger partial charge on any atom is 0.322 e. The lowest BCUT2D eigenvalue weighted by Crippen LogP contribution is -2.43. The third kappa shape index (κ3) is 5.04. The van der Waals surface area contributed by atoms with E-state index >= 15 is 0 Å². The van der Waals surface area contributed by atoms with Gasteiger partial charge in [0.15, 0.2) is 0 Å². The van der Waals surface area contributed by atoms with Crippen LogP contribution in [-0.2, 0) is 21.5 Å². The summed E-state index contributed by atoms with van der Waals surface area (Å²) in [6.45, 7) is 1.12. The monoisotopic (exact) mass is 496 g/mol. The Balaban J connectivity index is 1.55. The van der Waals surface area contributed by atoms with Crippen molar-refractivity contribution in [3.63, 3.8) is 0 Å². The van der Waals surface area contributed by atoms with E-state index in [0.717, 1.165) is 22.2 Å². The highest BCUT2D eigenvalue weighted by Gasteiger charge is 2.33. The fourth-order valence-corrected chi connectivity index (χ4v) is 6.03. The van der Waals surface area contributed by atoms with E-state index in [4.69, 9.17) is 0 Å². The number of aromatic amines is 1. The molecule has 0 amide bonds. The fourth-order valence-electron chi connectivity index (χ4n) is 3.58. The van der Waals surface area contributed by atoms with Gasteiger partial charge in [0.1, 0.15) is 16.9 Å². The minimum Gasteiger partial charge on any atom is -0.480 e. The van der Waals surface area contributed by atoms with Gasteiger partial charge in [0.05, 0.1) is 4.88 Å². The largest absolute Gasteiger partial charge is 0.480 e. The molecule has 2 atom stereocenters. The van der Waals surface area contributed by atoms with Crippen LogP contribution in [0, 0.1) is 11.8 Å². The number of hydrogen-bond donors (Lipinski definition) is 3. The number of carboxylic acids is 1. The van der Waals surface area contributed by atoms with Crippen molar-refractivity contribution >= 4 is 38.2 Å². The number of rotatable bonds is 7. The molecule has 0 radical (unpaired) electrons. The van der Waals surface area contributed by atoms with Crippen LogP contribution in [0.4, 0.5) is 4.39 Å². The predicted octanol–water partition coefficient (Wildman–Crippen LogP) is 4.63. The zero-order chi connectivity index (χ0) is 24.3. The second kappa shape index (κ2) is 9.81. The Kier molecular flexibility index (Phi) is 6.84. The highest BCUT2D eigenvalue weighted by atomic mass is 32.2. The number of aromatic nitrogens is 1. The lowest BCUT2D eigenvalue weighted by atomic mass is 9.93. The SMILES string of the molecule is CC(c1c[nH]c2ccccc12)[C@@H](NS(=O)(=O)c1ccc(C#Cc2ccc(CF)cc2)s1)C(=O)O. The number of carbonyl (C=O) groups is 1. The number of thiophene rings is 1. The van der Waals surface area contributed by atoms with Crippen molar-refractivity contribution in [3.05, 3.63) is 88.4 Å². The molecular formula is C25H21FN2O4S2. The van der Waals surface area contributed by atoms with Gasteiger partial charge in [-0.05, 0) is 41.5 Å². The molecule has 0 spiro atoms. The van der Waals surface area contributed by atoms with E-state index in [-0.39, 0.29) is 4.21 Å². The topological polar surface area (TPSA) is 99.3 Å². The summed E-state index contributed by atoms with van der Waals surface area (Å²) in [6, 6.07) is 15.7. The third-order valence-electron chi connectivity index (χ3n) is 5.44. The van der Waals surface area contributed by atoms with Crippen LogP contribution >= 0.6 is 11.3 Å². The van der Waals surface area contributed by atoms with Crippen molar-refractivity contribution in [3.8, 4) is 11.8 Å². The van der Waals surface area contributed by atoms with Crippen molar-refractivity contribution in [2.45, 2.75) is 29.8 Å². The number of benzene rings is 2. The van der Waals surface area contributed by atoms with Crippen molar-refractivity contribution in [2.24, 2.45) is 0 Å². The summed E-state index contributed by atoms with van der Waals surface area (Å²) in [5.74, 6) is 3.91. The lowest BCUT2D eigenvalue weighted by Gasteiger charge is -2.21. The average molecular weight is 497 g/mol. The Morgan fingerprint density at radius 2 is 1.85 bits per heavy atom. The van der Waals surface area contributed by atoms with Crippen molar-refractivity contribution in [1.29, 1.82) is 0 Å². The van der Waals surface area contributed by atoms with Crippen LogP contribution in [0.3, 0.4) is 0 Å². The molecule has 0 aliphatic heterocycles. The average Bonchev–Trinajstić information content (AvgIpc) is 3.49. The second-order valence-electron chi connectivity index (χ2n) is 7.71. The molecule has 0 fully saturated rings. The highest BCUT2D eigenvalue weighted by molar-refractivity contribution is 7.91. The molecule has 0 saturated heterocycles. The number of H-pyrrole nitrogens is 1. The van der Waals surface area contributed by atoms with Crippen LogP contribution in [-0.4, -0.2) is 30.5 Å². The Hall–Kier alpha value is -3.45. The molecule has 0 bridgehead atoms. The summed E-state index contributed by atoms with van der Waals surface area (Å²) in [4.78, 5) is 15.6. The molecule has 174 valence electrons. The minimum atomic E-state index is -4.10. The van der Waals surface area contributed by atoms with Crippen LogP contribution in [0.5, 0.6) is 0 Å². The Morgan fingerprint density at radius 1 is 1.12 bits per heavy atom. The molecule has 2 aromatic carbocycles. The van der Waals surface area contributed by atoms with Gasteiger partial charge >= 0.3 is 5.97 Å². The van der Waals surface area contributed by atoms with Gasteiger partial charge < -0.3 is 10.1 Å². The molecule has 9 heteroatoms. The van der Waals surface area contributed by atoms with E-state index in [1.807, 2.05) is 24.3 Å². The van der Waals surface area contributed by atoms with Crippen LogP contribution < -0.4 is 4.72 Å². The standard InChI is InChI=1S/C25H21FN2O4S2/c1-16(21-15-27-22-5-3-2-4-20(21)22)24(25(29)30)28-34(31,32)23-13-12-19(33-23)11-10-17-6-8-18(14-26)9-7-17/h2-9,12-13,15-16,24,27-28H,14H2,1H3,(H,29,30)/t16?,24-/m1/s1. The van der Waals surface area contributed by atoms with Crippen molar-refractivity contribution < 1.29 is 22.7 Å². The van der Waals surface area contributed by atoms with Gasteiger partial charge in [-0.15, -0.1) is 11.3 Å². The normalized spacial score (nSPS) is 13.2. The number of sulfonamides is 1. The van der Waals surface area contributed by atoms with Crippen molar-refractivity contribution in [1.82, 2.24) is 9.71 Å². The summed E-state index contributed by atoms with van der Waals surface area (Å²) >= 11 is 0.949. The van der Waals surface area contributed by atoms with Crippen LogP contribution in [0.15, 0.2) is 71.1 Å². The Labute approximate surface area is 200 Å². The first-order valence-electron chi connectivity index (χ1n) is 10.4. The van der Waals surface area contributed by atoms with E-state index < -0.39 is 34.6 Å². The summed E-state index contributed by atoms with van der Waals surface area (Å²) in [6.07, 6.45) is 1.71. The van der Waals surface area contributed by atoms with Crippen molar-refractivity contribution in [2.75, 3.05) is 0 Å². The minimum absolute atomic E-state index is 0.0260. The van der Waals surface area contributed by atoms with Gasteiger partial charge in [0, 0.05) is 28.6 Å². The number of alkyl halides is 1. The maximum absolute atomic E-state index is 13.0. The zero-order valence-electron chi connectivity index (χ0n) is 18.1. The van der Waals surface area contributed by atoms with E-state index in [1.165, 1.54) is 6.07 Å². The number of halogens is 1. The first-order valence-corrected chi connectivity index (χ1v) is 12.7. The Bertz CT molecular complexity index is 1490. The number of hydrogen-bond acceptors (Lipinski definition) is 4. The van der Waals surface area contributed by atoms with E-state index in [0.29, 0.717) is 21.6 Å². The first kappa shape index (κ1) is 23.7. The first-order chi connectivity index (χ1) is 16.3. The third-order valence-corrected chi connectivity index (χ3v) is 8.38. The van der Waals surface area contributed by atoms with Gasteiger partial charge in [0.25, 0.3) is 10.0 Å². The second-order valence-corrected chi connectivity index (χ2v) is 10.7. The summed E-state index contributed by atoms with van der Waals surface area (Å²) in [7, 11) is -4.10. The van der Waals surface area contributed by atoms with E-state index in [2.05, 4.69) is 21.5 Å². The number of para-hydroxylation sites is 1. The number of carboxylic acid groups (broad SMARTS) is 1. The predicted molar refractivity (Wildman–Crippen MR) is 130 cm³/mol. The molecule has 0 aliphatic rings. The molecule has 4 aromatic rings. The van der Waals surface area contributed by atoms with E-state index in [1.54, 1.807) is 43.5 Å². The Morgan fingerprint density at radius 3 is 2.56 bits per heavy atom. The molecule has 0 aliphatic carbocycles. The maximum atomic E-state index is 13.0. The molecule has 3 N–H and O–H groups in total. The van der Waals surface area contributed by atoms with Gasteiger partial charge in [0.2, 0.25) is 0 Å². The molecule has 2 heterocycles. The summed E-state index contributed by atoms with van der Waals surface area (Å²) < 4.78 is 40.9. The number of fused-ring (bicyclic) bond motifs is 1. The molecule has 2 aromatic heterocycles. The summed E-state index contributed by atoms with van der Waals surface area (Å²) in [5, 5.41) is 10.6. The van der Waals surface area contributed by atoms with Gasteiger partial charge in [-0.2, -0.15) is 4.72 Å².